The third kappa shape index (κ3) is 4.41. The number of halogens is 1. The molecule has 0 aliphatic carbocycles. The Morgan fingerprint density at radius 1 is 1.38 bits per heavy atom. The van der Waals surface area contributed by atoms with Crippen molar-refractivity contribution in [1.29, 1.82) is 0 Å². The minimum atomic E-state index is -0.502. The quantitative estimate of drug-likeness (QED) is 0.766. The van der Waals surface area contributed by atoms with Crippen molar-refractivity contribution in [3.8, 4) is 0 Å². The van der Waals surface area contributed by atoms with Gasteiger partial charge in [-0.2, -0.15) is 5.10 Å². The molecule has 5 nitrogen and oxygen atoms in total. The van der Waals surface area contributed by atoms with Crippen molar-refractivity contribution in [2.45, 2.75) is 32.7 Å². The molecule has 1 atom stereocenters. The lowest BCUT2D eigenvalue weighted by molar-refractivity contribution is -0.125. The van der Waals surface area contributed by atoms with E-state index in [-0.39, 0.29) is 11.7 Å². The third-order valence-electron chi connectivity index (χ3n) is 4.11. The van der Waals surface area contributed by atoms with Crippen LogP contribution in [0.4, 0.5) is 4.39 Å². The molecule has 1 heterocycles. The summed E-state index contributed by atoms with van der Waals surface area (Å²) in [6.07, 6.45) is 1.69. The number of hydrogen-bond acceptors (Lipinski definition) is 3. The van der Waals surface area contributed by atoms with E-state index in [1.54, 1.807) is 17.0 Å². The van der Waals surface area contributed by atoms with Crippen LogP contribution in [-0.2, 0) is 11.2 Å². The van der Waals surface area contributed by atoms with Crippen LogP contribution in [0, 0.1) is 19.7 Å². The molecular weight excluding hydrogens is 307 g/mol. The first-order valence-electron chi connectivity index (χ1n) is 8.10. The van der Waals surface area contributed by atoms with Crippen molar-refractivity contribution < 1.29 is 9.18 Å². The van der Waals surface area contributed by atoms with Gasteiger partial charge in [0.1, 0.15) is 11.9 Å². The molecule has 1 amide bonds. The van der Waals surface area contributed by atoms with Gasteiger partial charge < -0.3 is 5.32 Å². The fourth-order valence-electron chi connectivity index (χ4n) is 2.88. The van der Waals surface area contributed by atoms with Crippen molar-refractivity contribution in [3.63, 3.8) is 0 Å². The van der Waals surface area contributed by atoms with Gasteiger partial charge in [-0.3, -0.25) is 14.8 Å². The summed E-state index contributed by atoms with van der Waals surface area (Å²) in [7, 11) is 3.63. The van der Waals surface area contributed by atoms with Crippen molar-refractivity contribution >= 4 is 5.91 Å². The van der Waals surface area contributed by atoms with Gasteiger partial charge in [-0.25, -0.2) is 4.39 Å². The molecule has 0 radical (unpaired) electrons. The summed E-state index contributed by atoms with van der Waals surface area (Å²) in [5.41, 5.74) is 3.94. The van der Waals surface area contributed by atoms with E-state index in [1.807, 2.05) is 27.9 Å². The zero-order valence-corrected chi connectivity index (χ0v) is 14.7. The Kier molecular flexibility index (Phi) is 6.09. The summed E-state index contributed by atoms with van der Waals surface area (Å²) in [6.45, 7) is 4.55. The van der Waals surface area contributed by atoms with Gasteiger partial charge in [0, 0.05) is 12.2 Å². The highest BCUT2D eigenvalue weighted by Gasteiger charge is 2.22. The van der Waals surface area contributed by atoms with Crippen LogP contribution in [0.1, 0.15) is 35.0 Å². The Hall–Kier alpha value is -2.21. The molecule has 0 unspecified atom stereocenters. The first-order chi connectivity index (χ1) is 11.4. The fraction of sp³-hybridized carbons (Fsp3) is 0.444. The number of rotatable bonds is 7. The zero-order valence-electron chi connectivity index (χ0n) is 14.7. The number of hydrogen-bond donors (Lipinski definition) is 2. The lowest BCUT2D eigenvalue weighted by Gasteiger charge is -2.24. The van der Waals surface area contributed by atoms with Crippen LogP contribution in [0.15, 0.2) is 24.3 Å². The number of nitrogens with zero attached hydrogens (tertiary/aromatic N) is 2. The molecule has 1 aromatic heterocycles. The largest absolute Gasteiger partial charge is 0.354 e. The molecule has 0 bridgehead atoms. The smallest absolute Gasteiger partial charge is 0.241 e. The van der Waals surface area contributed by atoms with Crippen LogP contribution in [0.2, 0.25) is 0 Å². The van der Waals surface area contributed by atoms with Gasteiger partial charge in [-0.15, -0.1) is 0 Å². The molecule has 130 valence electrons. The average molecular weight is 332 g/mol. The third-order valence-corrected chi connectivity index (χ3v) is 4.11. The van der Waals surface area contributed by atoms with E-state index in [4.69, 9.17) is 0 Å². The maximum Gasteiger partial charge on any atom is 0.241 e. The lowest BCUT2D eigenvalue weighted by Crippen LogP contribution is -2.37. The van der Waals surface area contributed by atoms with Gasteiger partial charge in [-0.1, -0.05) is 12.1 Å². The van der Waals surface area contributed by atoms with Crippen LogP contribution < -0.4 is 5.32 Å². The number of carbonyl (C=O) groups excluding carboxylic acids is 1. The van der Waals surface area contributed by atoms with Crippen LogP contribution in [0.5, 0.6) is 0 Å². The molecule has 0 aliphatic rings. The second kappa shape index (κ2) is 8.06. The Labute approximate surface area is 142 Å². The van der Waals surface area contributed by atoms with E-state index in [0.717, 1.165) is 24.2 Å². The van der Waals surface area contributed by atoms with Gasteiger partial charge in [0.05, 0.1) is 5.69 Å². The number of carbonyl (C=O) groups is 1. The second-order valence-corrected chi connectivity index (χ2v) is 6.23. The molecule has 0 saturated heterocycles. The van der Waals surface area contributed by atoms with E-state index in [0.29, 0.717) is 12.1 Å². The molecule has 6 heteroatoms. The van der Waals surface area contributed by atoms with E-state index < -0.39 is 6.04 Å². The highest BCUT2D eigenvalue weighted by molar-refractivity contribution is 5.83. The van der Waals surface area contributed by atoms with Crippen LogP contribution in [0.3, 0.4) is 0 Å². The maximum absolute atomic E-state index is 13.4. The predicted molar refractivity (Wildman–Crippen MR) is 92.2 cm³/mol. The maximum atomic E-state index is 13.4. The number of H-pyrrole nitrogens is 1. The first-order valence-corrected chi connectivity index (χ1v) is 8.10. The summed E-state index contributed by atoms with van der Waals surface area (Å²) in [4.78, 5) is 14.3. The summed E-state index contributed by atoms with van der Waals surface area (Å²) in [5, 5.41) is 10.1. The molecule has 0 aliphatic heterocycles. The highest BCUT2D eigenvalue weighted by Crippen LogP contribution is 2.19. The van der Waals surface area contributed by atoms with Crippen molar-refractivity contribution in [3.05, 3.63) is 52.6 Å². The molecule has 24 heavy (non-hydrogen) atoms. The minimum absolute atomic E-state index is 0.119. The molecule has 1 aromatic carbocycles. The summed E-state index contributed by atoms with van der Waals surface area (Å²) >= 11 is 0. The van der Waals surface area contributed by atoms with Gasteiger partial charge in [0.15, 0.2) is 0 Å². The van der Waals surface area contributed by atoms with Crippen LogP contribution >= 0.6 is 0 Å². The molecule has 2 rings (SSSR count). The molecule has 0 fully saturated rings. The Bertz CT molecular complexity index is 677. The molecule has 0 spiro atoms. The summed E-state index contributed by atoms with van der Waals surface area (Å²) in [5.74, 6) is -0.454. The van der Waals surface area contributed by atoms with Gasteiger partial charge in [0.25, 0.3) is 0 Å². The van der Waals surface area contributed by atoms with Crippen LogP contribution in [-0.4, -0.2) is 41.6 Å². The van der Waals surface area contributed by atoms with Gasteiger partial charge in [0.2, 0.25) is 5.91 Å². The Morgan fingerprint density at radius 3 is 2.71 bits per heavy atom. The SMILES string of the molecule is Cc1n[nH]c(C)c1CCCNC(=O)[C@@H](c1cccc(F)c1)N(C)C. The second-order valence-electron chi connectivity index (χ2n) is 6.23. The van der Waals surface area contributed by atoms with E-state index in [9.17, 15) is 9.18 Å². The number of aromatic amines is 1. The predicted octanol–water partition coefficient (Wildman–Crippen LogP) is 2.52. The van der Waals surface area contributed by atoms with Crippen molar-refractivity contribution in [1.82, 2.24) is 20.4 Å². The zero-order chi connectivity index (χ0) is 17.7. The number of aryl methyl sites for hydroxylation is 2. The first kappa shape index (κ1) is 18.1. The van der Waals surface area contributed by atoms with Crippen LogP contribution in [0.25, 0.3) is 0 Å². The van der Waals surface area contributed by atoms with Gasteiger partial charge in [-0.05, 0) is 64.0 Å². The highest BCUT2D eigenvalue weighted by atomic mass is 19.1. The summed E-state index contributed by atoms with van der Waals surface area (Å²) in [6, 6.07) is 5.68. The fourth-order valence-corrected chi connectivity index (χ4v) is 2.88. The van der Waals surface area contributed by atoms with E-state index in [1.165, 1.54) is 17.7 Å². The summed E-state index contributed by atoms with van der Waals surface area (Å²) < 4.78 is 13.4. The number of aromatic nitrogens is 2. The number of amides is 1. The van der Waals surface area contributed by atoms with E-state index >= 15 is 0 Å². The number of nitrogens with one attached hydrogen (secondary N) is 2. The number of benzene rings is 1. The molecular formula is C18H25FN4O. The molecule has 0 saturated carbocycles. The average Bonchev–Trinajstić information content (AvgIpc) is 2.83. The topological polar surface area (TPSA) is 61.0 Å². The minimum Gasteiger partial charge on any atom is -0.354 e. The van der Waals surface area contributed by atoms with Gasteiger partial charge >= 0.3 is 0 Å². The lowest BCUT2D eigenvalue weighted by atomic mass is 10.0. The molecule has 2 aromatic rings. The number of likely N-dealkylation sites (N-methyl/N-ethyl adjacent to an activating group) is 1. The van der Waals surface area contributed by atoms with E-state index in [2.05, 4.69) is 15.5 Å². The monoisotopic (exact) mass is 332 g/mol. The standard InChI is InChI=1S/C18H25FN4O/c1-12-16(13(2)22-21-12)9-6-10-20-18(24)17(23(3)4)14-7-5-8-15(19)11-14/h5,7-8,11,17H,6,9-10H2,1-4H3,(H,20,24)(H,21,22)/t17-/m1/s1. The Balaban J connectivity index is 1.92. The molecule has 2 N–H and O–H groups in total. The normalized spacial score (nSPS) is 12.4. The van der Waals surface area contributed by atoms with Crippen molar-refractivity contribution in [2.24, 2.45) is 0 Å². The Morgan fingerprint density at radius 2 is 2.12 bits per heavy atom. The van der Waals surface area contributed by atoms with Crippen molar-refractivity contribution in [2.75, 3.05) is 20.6 Å².